The molecule has 4 nitrogen and oxygen atoms in total. The lowest BCUT2D eigenvalue weighted by Gasteiger charge is -1.95. The van der Waals surface area contributed by atoms with Gasteiger partial charge in [-0.3, -0.25) is 9.59 Å². The largest absolute Gasteiger partial charge is 0.320 e. The Morgan fingerprint density at radius 2 is 1.76 bits per heavy atom. The van der Waals surface area contributed by atoms with E-state index < -0.39 is 11.1 Å². The summed E-state index contributed by atoms with van der Waals surface area (Å²) in [7, 11) is 0. The third-order valence-electron chi connectivity index (χ3n) is 3.01. The quantitative estimate of drug-likeness (QED) is 0.721. The number of aromatic nitrogens is 2. The molecule has 104 valence electrons. The smallest absolute Gasteiger partial charge is 0.279 e. The van der Waals surface area contributed by atoms with Crippen LogP contribution in [0.5, 0.6) is 0 Å². The van der Waals surface area contributed by atoms with Gasteiger partial charge in [0.1, 0.15) is 5.69 Å². The summed E-state index contributed by atoms with van der Waals surface area (Å²) in [5, 5.41) is 0.897. The SMILES string of the molecule is O=c1[nH]c2ccc(Br)cc2c(=O)nc1-c1ccc(Cl)cc1. The molecule has 0 radical (unpaired) electrons. The lowest BCUT2D eigenvalue weighted by atomic mass is 10.2. The lowest BCUT2D eigenvalue weighted by molar-refractivity contribution is 1.23. The van der Waals surface area contributed by atoms with Gasteiger partial charge in [-0.25, -0.2) is 4.98 Å². The Balaban J connectivity index is 2.38. The van der Waals surface area contributed by atoms with Crippen LogP contribution < -0.4 is 11.1 Å². The normalized spacial score (nSPS) is 10.8. The Labute approximate surface area is 132 Å². The van der Waals surface area contributed by atoms with Crippen LogP contribution in [-0.4, -0.2) is 9.97 Å². The van der Waals surface area contributed by atoms with Crippen LogP contribution in [0.2, 0.25) is 5.02 Å². The number of fused-ring (bicyclic) bond motifs is 1. The second-order valence-electron chi connectivity index (χ2n) is 4.42. The third kappa shape index (κ3) is 2.75. The van der Waals surface area contributed by atoms with Crippen molar-refractivity contribution >= 4 is 38.4 Å². The zero-order valence-electron chi connectivity index (χ0n) is 10.6. The van der Waals surface area contributed by atoms with E-state index in [1.54, 1.807) is 42.5 Å². The molecule has 0 unspecified atom stereocenters. The van der Waals surface area contributed by atoms with Crippen molar-refractivity contribution in [3.8, 4) is 11.3 Å². The number of hydrogen-bond donors (Lipinski definition) is 1. The molecule has 0 amide bonds. The number of rotatable bonds is 1. The summed E-state index contributed by atoms with van der Waals surface area (Å²) >= 11 is 9.12. The second kappa shape index (κ2) is 5.42. The average Bonchev–Trinajstić information content (AvgIpc) is 2.58. The molecule has 0 bridgehead atoms. The van der Waals surface area contributed by atoms with Crippen molar-refractivity contribution < 1.29 is 0 Å². The van der Waals surface area contributed by atoms with Crippen molar-refractivity contribution in [1.82, 2.24) is 9.97 Å². The maximum atomic E-state index is 12.3. The first-order valence-electron chi connectivity index (χ1n) is 6.04. The van der Waals surface area contributed by atoms with E-state index in [0.29, 0.717) is 21.5 Å². The highest BCUT2D eigenvalue weighted by Gasteiger charge is 2.08. The van der Waals surface area contributed by atoms with Gasteiger partial charge in [-0.2, -0.15) is 0 Å². The standard InChI is InChI=1S/C15H8BrClN2O2/c16-9-3-6-12-11(7-9)14(20)19-13(15(21)18-12)8-1-4-10(17)5-2-8/h1-7H,(H,18,21). The van der Waals surface area contributed by atoms with E-state index in [1.165, 1.54) is 0 Å². The van der Waals surface area contributed by atoms with Crippen LogP contribution in [0.25, 0.3) is 22.2 Å². The number of benzene rings is 2. The highest BCUT2D eigenvalue weighted by Crippen LogP contribution is 2.17. The van der Waals surface area contributed by atoms with E-state index in [-0.39, 0.29) is 5.69 Å². The topological polar surface area (TPSA) is 62.8 Å². The Bertz CT molecular complexity index is 952. The minimum absolute atomic E-state index is 0.0731. The van der Waals surface area contributed by atoms with Gasteiger partial charge in [0.05, 0.1) is 10.9 Å². The Morgan fingerprint density at radius 1 is 1.05 bits per heavy atom. The Kier molecular flexibility index (Phi) is 3.61. The lowest BCUT2D eigenvalue weighted by Crippen LogP contribution is -2.10. The molecular formula is C15H8BrClN2O2. The number of H-pyrrole nitrogens is 1. The van der Waals surface area contributed by atoms with Crippen LogP contribution in [0.4, 0.5) is 0 Å². The zero-order chi connectivity index (χ0) is 15.0. The van der Waals surface area contributed by atoms with E-state index >= 15 is 0 Å². The minimum Gasteiger partial charge on any atom is -0.320 e. The van der Waals surface area contributed by atoms with Gasteiger partial charge in [0, 0.05) is 15.1 Å². The van der Waals surface area contributed by atoms with Crippen LogP contribution in [0.1, 0.15) is 0 Å². The number of aromatic amines is 1. The fraction of sp³-hybridized carbons (Fsp3) is 0. The van der Waals surface area contributed by atoms with Crippen LogP contribution >= 0.6 is 27.5 Å². The van der Waals surface area contributed by atoms with E-state index in [1.807, 2.05) is 0 Å². The van der Waals surface area contributed by atoms with Crippen molar-refractivity contribution in [2.45, 2.75) is 0 Å². The number of halogens is 2. The molecule has 0 aliphatic heterocycles. The monoisotopic (exact) mass is 362 g/mol. The third-order valence-corrected chi connectivity index (χ3v) is 3.75. The molecule has 0 aliphatic rings. The molecular weight excluding hydrogens is 356 g/mol. The van der Waals surface area contributed by atoms with Crippen molar-refractivity contribution in [2.24, 2.45) is 0 Å². The van der Waals surface area contributed by atoms with Gasteiger partial charge >= 0.3 is 0 Å². The second-order valence-corrected chi connectivity index (χ2v) is 5.77. The van der Waals surface area contributed by atoms with Gasteiger partial charge in [0.15, 0.2) is 0 Å². The number of hydrogen-bond acceptors (Lipinski definition) is 3. The molecule has 21 heavy (non-hydrogen) atoms. The predicted octanol–water partition coefficient (Wildman–Crippen LogP) is 3.37. The van der Waals surface area contributed by atoms with Gasteiger partial charge in [0.25, 0.3) is 11.1 Å². The van der Waals surface area contributed by atoms with Gasteiger partial charge in [-0.15, -0.1) is 0 Å². The fourth-order valence-corrected chi connectivity index (χ4v) is 2.49. The van der Waals surface area contributed by atoms with Crippen molar-refractivity contribution in [2.75, 3.05) is 0 Å². The van der Waals surface area contributed by atoms with Crippen LogP contribution in [0, 0.1) is 0 Å². The van der Waals surface area contributed by atoms with Gasteiger partial charge in [-0.1, -0.05) is 39.7 Å². The molecule has 1 heterocycles. The first-order chi connectivity index (χ1) is 10.0. The van der Waals surface area contributed by atoms with Gasteiger partial charge in [-0.05, 0) is 30.3 Å². The van der Waals surface area contributed by atoms with E-state index in [4.69, 9.17) is 11.6 Å². The zero-order valence-corrected chi connectivity index (χ0v) is 12.9. The summed E-state index contributed by atoms with van der Waals surface area (Å²) in [5.41, 5.74) is 0.170. The first-order valence-corrected chi connectivity index (χ1v) is 7.21. The molecule has 0 aliphatic carbocycles. The van der Waals surface area contributed by atoms with Crippen molar-refractivity contribution in [3.05, 3.63) is 72.7 Å². The van der Waals surface area contributed by atoms with Crippen LogP contribution in [-0.2, 0) is 0 Å². The molecule has 3 aromatic rings. The summed E-state index contributed by atoms with van der Waals surface area (Å²) in [4.78, 5) is 31.1. The number of nitrogens with one attached hydrogen (secondary N) is 1. The van der Waals surface area contributed by atoms with Gasteiger partial charge in [0.2, 0.25) is 0 Å². The summed E-state index contributed by atoms with van der Waals surface area (Å²) in [6, 6.07) is 11.6. The van der Waals surface area contributed by atoms with E-state index in [2.05, 4.69) is 25.9 Å². The highest BCUT2D eigenvalue weighted by molar-refractivity contribution is 9.10. The average molecular weight is 364 g/mol. The summed E-state index contributed by atoms with van der Waals surface area (Å²) in [6.45, 7) is 0. The minimum atomic E-state index is -0.463. The molecule has 0 atom stereocenters. The van der Waals surface area contributed by atoms with Gasteiger partial charge < -0.3 is 4.98 Å². The molecule has 2 aromatic carbocycles. The van der Waals surface area contributed by atoms with E-state index in [9.17, 15) is 9.59 Å². The van der Waals surface area contributed by atoms with E-state index in [0.717, 1.165) is 4.47 Å². The molecule has 0 saturated heterocycles. The molecule has 3 rings (SSSR count). The highest BCUT2D eigenvalue weighted by atomic mass is 79.9. The Hall–Kier alpha value is -1.98. The molecule has 0 saturated carbocycles. The molecule has 0 fully saturated rings. The number of nitrogens with zero attached hydrogens (tertiary/aromatic N) is 1. The summed E-state index contributed by atoms with van der Waals surface area (Å²) in [6.07, 6.45) is 0. The Morgan fingerprint density at radius 3 is 2.48 bits per heavy atom. The van der Waals surface area contributed by atoms with Crippen LogP contribution in [0.15, 0.2) is 56.5 Å². The molecule has 1 N–H and O–H groups in total. The predicted molar refractivity (Wildman–Crippen MR) is 86.8 cm³/mol. The van der Waals surface area contributed by atoms with Crippen LogP contribution in [0.3, 0.4) is 0 Å². The molecule has 0 spiro atoms. The maximum Gasteiger partial charge on any atom is 0.279 e. The molecule has 6 heteroatoms. The van der Waals surface area contributed by atoms with Crippen molar-refractivity contribution in [3.63, 3.8) is 0 Å². The first kappa shape index (κ1) is 14.0. The summed E-state index contributed by atoms with van der Waals surface area (Å²) in [5.74, 6) is 0. The van der Waals surface area contributed by atoms with Crippen molar-refractivity contribution in [1.29, 1.82) is 0 Å². The fourth-order valence-electron chi connectivity index (χ4n) is 2.00. The molecule has 1 aromatic heterocycles. The summed E-state index contributed by atoms with van der Waals surface area (Å²) < 4.78 is 0.744. The maximum absolute atomic E-state index is 12.3.